The summed E-state index contributed by atoms with van der Waals surface area (Å²) in [5, 5.41) is 2.48. The highest BCUT2D eigenvalue weighted by Crippen LogP contribution is 2.64. The molecule has 1 aromatic heterocycles. The second kappa shape index (κ2) is 13.7. The van der Waals surface area contributed by atoms with E-state index in [0.29, 0.717) is 0 Å². The minimum absolute atomic E-state index is 0.597. The van der Waals surface area contributed by atoms with Crippen LogP contribution >= 0.6 is 0 Å². The van der Waals surface area contributed by atoms with Gasteiger partial charge in [-0.05, 0) is 115 Å². The molecule has 0 saturated carbocycles. The molecule has 0 bridgehead atoms. The number of fused-ring (bicyclic) bond motifs is 10. The lowest BCUT2D eigenvalue weighted by molar-refractivity contribution is 0.753. The lowest BCUT2D eigenvalue weighted by Gasteiger charge is -2.45. The number of para-hydroxylation sites is 3. The van der Waals surface area contributed by atoms with Crippen LogP contribution in [-0.2, 0) is 5.41 Å². The Bertz CT molecular complexity index is 3150. The first-order chi connectivity index (χ1) is 29.8. The monoisotopic (exact) mass is 762 g/mol. The third-order valence-electron chi connectivity index (χ3n) is 12.6. The van der Waals surface area contributed by atoms with Crippen LogP contribution in [0.1, 0.15) is 22.3 Å². The highest BCUT2D eigenvalue weighted by molar-refractivity contribution is 6.01. The normalized spacial score (nSPS) is 13.1. The fourth-order valence-corrected chi connectivity index (χ4v) is 10.0. The average molecular weight is 763 g/mol. The summed E-state index contributed by atoms with van der Waals surface area (Å²) in [5.41, 5.74) is 19.3. The molecule has 2 aliphatic rings. The lowest BCUT2D eigenvalue weighted by Crippen LogP contribution is -2.36. The molecule has 2 heterocycles. The summed E-state index contributed by atoms with van der Waals surface area (Å²) >= 11 is 0. The third kappa shape index (κ3) is 5.17. The number of anilines is 3. The van der Waals surface area contributed by atoms with Crippen LogP contribution in [0.5, 0.6) is 0 Å². The van der Waals surface area contributed by atoms with E-state index in [1.165, 1.54) is 66.7 Å². The summed E-state index contributed by atoms with van der Waals surface area (Å²) < 4.78 is 0. The maximum absolute atomic E-state index is 5.53. The molecule has 0 saturated heterocycles. The molecule has 9 aromatic carbocycles. The predicted octanol–water partition coefficient (Wildman–Crippen LogP) is 15.0. The van der Waals surface area contributed by atoms with E-state index in [4.69, 9.17) is 4.98 Å². The van der Waals surface area contributed by atoms with E-state index >= 15 is 0 Å². The number of hydrogen-bond acceptors (Lipinski definition) is 2. The number of pyridine rings is 1. The Hall–Kier alpha value is -7.81. The van der Waals surface area contributed by atoms with Crippen molar-refractivity contribution in [1.29, 1.82) is 0 Å². The molecule has 10 aromatic rings. The zero-order valence-corrected chi connectivity index (χ0v) is 32.8. The van der Waals surface area contributed by atoms with E-state index in [1.807, 2.05) is 0 Å². The minimum Gasteiger partial charge on any atom is -0.310 e. The van der Waals surface area contributed by atoms with Gasteiger partial charge in [0, 0.05) is 16.8 Å². The van der Waals surface area contributed by atoms with Crippen molar-refractivity contribution in [3.05, 3.63) is 253 Å². The van der Waals surface area contributed by atoms with E-state index in [1.54, 1.807) is 0 Å². The SMILES string of the molecule is c1ccc(-c2cc(-c3ccccc3)nc(-c3cccc4c3-c3cc(-c5ccc6ccccc6c5)ccc3C43c4ccccc4N(c4ccccc4)c4ccccc43)c2)cc1. The zero-order chi connectivity index (χ0) is 39.6. The molecule has 1 aliphatic heterocycles. The Morgan fingerprint density at radius 2 is 0.883 bits per heavy atom. The van der Waals surface area contributed by atoms with E-state index in [-0.39, 0.29) is 0 Å². The summed E-state index contributed by atoms with van der Waals surface area (Å²) in [6, 6.07) is 84.2. The quantitative estimate of drug-likeness (QED) is 0.174. The van der Waals surface area contributed by atoms with Crippen LogP contribution in [-0.4, -0.2) is 4.98 Å². The van der Waals surface area contributed by atoms with Gasteiger partial charge in [-0.25, -0.2) is 4.98 Å². The highest BCUT2D eigenvalue weighted by atomic mass is 15.2. The van der Waals surface area contributed by atoms with Crippen molar-refractivity contribution < 1.29 is 0 Å². The molecule has 2 heteroatoms. The Morgan fingerprint density at radius 3 is 1.62 bits per heavy atom. The molecule has 1 aliphatic carbocycles. The average Bonchev–Trinajstić information content (AvgIpc) is 3.62. The van der Waals surface area contributed by atoms with Crippen LogP contribution in [0.15, 0.2) is 231 Å². The molecule has 0 atom stereocenters. The zero-order valence-electron chi connectivity index (χ0n) is 32.8. The van der Waals surface area contributed by atoms with E-state index < -0.39 is 5.41 Å². The van der Waals surface area contributed by atoms with Crippen LogP contribution in [0.25, 0.3) is 66.7 Å². The van der Waals surface area contributed by atoms with Gasteiger partial charge in [-0.15, -0.1) is 0 Å². The van der Waals surface area contributed by atoms with E-state index in [9.17, 15) is 0 Å². The molecular weight excluding hydrogens is 725 g/mol. The van der Waals surface area contributed by atoms with Crippen LogP contribution < -0.4 is 4.90 Å². The summed E-state index contributed by atoms with van der Waals surface area (Å²) in [6.45, 7) is 0. The number of rotatable bonds is 5. The predicted molar refractivity (Wildman–Crippen MR) is 249 cm³/mol. The van der Waals surface area contributed by atoms with Crippen molar-refractivity contribution >= 4 is 27.8 Å². The van der Waals surface area contributed by atoms with Gasteiger partial charge in [0.1, 0.15) is 0 Å². The number of hydrogen-bond donors (Lipinski definition) is 0. The van der Waals surface area contributed by atoms with Crippen molar-refractivity contribution in [2.24, 2.45) is 0 Å². The Morgan fingerprint density at radius 1 is 0.317 bits per heavy atom. The fourth-order valence-electron chi connectivity index (χ4n) is 10.0. The summed E-state index contributed by atoms with van der Waals surface area (Å²) in [5.74, 6) is 0. The van der Waals surface area contributed by atoms with Crippen molar-refractivity contribution in [1.82, 2.24) is 4.98 Å². The summed E-state index contributed by atoms with van der Waals surface area (Å²) in [7, 11) is 0. The molecule has 0 N–H and O–H groups in total. The molecular formula is C58H38N2. The summed E-state index contributed by atoms with van der Waals surface area (Å²) in [4.78, 5) is 7.97. The van der Waals surface area contributed by atoms with Crippen LogP contribution in [0.3, 0.4) is 0 Å². The Kier molecular flexibility index (Phi) is 7.79. The van der Waals surface area contributed by atoms with Crippen LogP contribution in [0.4, 0.5) is 17.1 Å². The van der Waals surface area contributed by atoms with E-state index in [0.717, 1.165) is 39.3 Å². The van der Waals surface area contributed by atoms with Crippen molar-refractivity contribution in [3.63, 3.8) is 0 Å². The molecule has 1 spiro atoms. The molecule has 0 unspecified atom stereocenters. The first-order valence-electron chi connectivity index (χ1n) is 20.7. The van der Waals surface area contributed by atoms with Crippen LogP contribution in [0.2, 0.25) is 0 Å². The third-order valence-corrected chi connectivity index (χ3v) is 12.6. The van der Waals surface area contributed by atoms with Gasteiger partial charge in [-0.3, -0.25) is 0 Å². The molecule has 0 fully saturated rings. The molecule has 12 rings (SSSR count). The van der Waals surface area contributed by atoms with E-state index in [2.05, 4.69) is 235 Å². The number of benzene rings is 9. The van der Waals surface area contributed by atoms with Crippen molar-refractivity contribution in [3.8, 4) is 55.9 Å². The second-order valence-corrected chi connectivity index (χ2v) is 15.9. The Labute approximate surface area is 350 Å². The van der Waals surface area contributed by atoms with Crippen molar-refractivity contribution in [2.75, 3.05) is 4.90 Å². The first kappa shape index (κ1) is 34.3. The molecule has 0 amide bonds. The van der Waals surface area contributed by atoms with Gasteiger partial charge >= 0.3 is 0 Å². The number of nitrogens with zero attached hydrogens (tertiary/aromatic N) is 2. The van der Waals surface area contributed by atoms with Gasteiger partial charge in [0.2, 0.25) is 0 Å². The lowest BCUT2D eigenvalue weighted by atomic mass is 9.64. The summed E-state index contributed by atoms with van der Waals surface area (Å²) in [6.07, 6.45) is 0. The standard InChI is InChI=1S/C58H38N2/c1-4-17-39(18-5-1)45-37-53(41-20-6-2-7-21-41)59-54(38-45)47-25-16-28-52-57(47)48-36-44(43-32-31-40-19-10-11-22-42(40)35-43)33-34-49(48)58(52)50-26-12-14-29-55(50)60(46-23-8-3-9-24-46)56-30-15-13-27-51(56)58/h1-38H. The van der Waals surface area contributed by atoms with Gasteiger partial charge in [0.15, 0.2) is 0 Å². The topological polar surface area (TPSA) is 16.1 Å². The molecule has 60 heavy (non-hydrogen) atoms. The molecule has 2 nitrogen and oxygen atoms in total. The van der Waals surface area contributed by atoms with Crippen molar-refractivity contribution in [2.45, 2.75) is 5.41 Å². The fraction of sp³-hybridized carbons (Fsp3) is 0.0172. The molecule has 0 radical (unpaired) electrons. The second-order valence-electron chi connectivity index (χ2n) is 15.9. The van der Waals surface area contributed by atoms with Gasteiger partial charge in [0.25, 0.3) is 0 Å². The smallest absolute Gasteiger partial charge is 0.0754 e. The largest absolute Gasteiger partial charge is 0.310 e. The minimum atomic E-state index is -0.597. The Balaban J connectivity index is 1.18. The van der Waals surface area contributed by atoms with Gasteiger partial charge in [-0.2, -0.15) is 0 Å². The van der Waals surface area contributed by atoms with Gasteiger partial charge in [0.05, 0.1) is 28.2 Å². The maximum atomic E-state index is 5.53. The molecule has 280 valence electrons. The van der Waals surface area contributed by atoms with Gasteiger partial charge < -0.3 is 4.90 Å². The first-order valence-corrected chi connectivity index (χ1v) is 20.7. The maximum Gasteiger partial charge on any atom is 0.0754 e. The highest BCUT2D eigenvalue weighted by Gasteiger charge is 2.52. The number of aromatic nitrogens is 1. The van der Waals surface area contributed by atoms with Crippen LogP contribution in [0, 0.1) is 0 Å². The van der Waals surface area contributed by atoms with Gasteiger partial charge in [-0.1, -0.05) is 182 Å².